The van der Waals surface area contributed by atoms with Gasteiger partial charge in [-0.1, -0.05) is 29.8 Å². The highest BCUT2D eigenvalue weighted by Gasteiger charge is 2.46. The molecule has 35 heavy (non-hydrogen) atoms. The SMILES string of the molecule is CC(C)OC(=O)c1ccc(CN2C(=O)C(=O)/C(=C(/O)c3ccc(Cl)cc3)C2c2cccnc2)cc1. The van der Waals surface area contributed by atoms with Crippen LogP contribution in [-0.2, 0) is 20.9 Å². The summed E-state index contributed by atoms with van der Waals surface area (Å²) in [6.45, 7) is 3.62. The molecule has 1 amide bonds. The van der Waals surface area contributed by atoms with Crippen molar-refractivity contribution in [2.24, 2.45) is 0 Å². The number of aliphatic hydroxyl groups is 1. The molecule has 0 radical (unpaired) electrons. The van der Waals surface area contributed by atoms with Crippen LogP contribution >= 0.6 is 11.6 Å². The third-order valence-corrected chi connectivity index (χ3v) is 5.80. The van der Waals surface area contributed by atoms with E-state index in [4.69, 9.17) is 16.3 Å². The first kappa shape index (κ1) is 24.2. The molecular formula is C27H23ClN2O5. The van der Waals surface area contributed by atoms with Crippen LogP contribution in [0.3, 0.4) is 0 Å². The summed E-state index contributed by atoms with van der Waals surface area (Å²) in [6, 6.07) is 15.6. The molecule has 1 aliphatic rings. The molecule has 0 bridgehead atoms. The fraction of sp³-hybridized carbons (Fsp3) is 0.185. The first-order valence-electron chi connectivity index (χ1n) is 11.0. The summed E-state index contributed by atoms with van der Waals surface area (Å²) in [5.74, 6) is -2.26. The average molecular weight is 491 g/mol. The molecule has 7 nitrogen and oxygen atoms in total. The summed E-state index contributed by atoms with van der Waals surface area (Å²) < 4.78 is 5.21. The van der Waals surface area contributed by atoms with E-state index in [9.17, 15) is 19.5 Å². The number of carbonyl (C=O) groups excluding carboxylic acids is 3. The monoisotopic (exact) mass is 490 g/mol. The maximum absolute atomic E-state index is 13.1. The number of ketones is 1. The number of esters is 1. The van der Waals surface area contributed by atoms with Gasteiger partial charge in [0, 0.05) is 29.5 Å². The number of nitrogens with zero attached hydrogens (tertiary/aromatic N) is 2. The Hall–Kier alpha value is -3.97. The molecule has 1 atom stereocenters. The third kappa shape index (κ3) is 5.10. The number of rotatable bonds is 6. The molecule has 3 aromatic rings. The van der Waals surface area contributed by atoms with Crippen molar-refractivity contribution in [3.63, 3.8) is 0 Å². The van der Waals surface area contributed by atoms with E-state index in [0.717, 1.165) is 0 Å². The smallest absolute Gasteiger partial charge is 0.338 e. The number of hydrogen-bond acceptors (Lipinski definition) is 6. The van der Waals surface area contributed by atoms with Crippen LogP contribution in [0.2, 0.25) is 5.02 Å². The number of pyridine rings is 1. The van der Waals surface area contributed by atoms with Gasteiger partial charge in [0.1, 0.15) is 5.76 Å². The zero-order valence-corrected chi connectivity index (χ0v) is 19.9. The first-order chi connectivity index (χ1) is 16.8. The van der Waals surface area contributed by atoms with Crippen LogP contribution in [-0.4, -0.2) is 38.8 Å². The van der Waals surface area contributed by atoms with Crippen molar-refractivity contribution >= 4 is 35.0 Å². The third-order valence-electron chi connectivity index (χ3n) is 5.54. The van der Waals surface area contributed by atoms with Crippen LogP contribution in [0.15, 0.2) is 78.6 Å². The van der Waals surface area contributed by atoms with Crippen molar-refractivity contribution in [2.75, 3.05) is 0 Å². The van der Waals surface area contributed by atoms with Crippen molar-refractivity contribution in [1.29, 1.82) is 0 Å². The molecule has 1 unspecified atom stereocenters. The number of halogens is 1. The number of hydrogen-bond donors (Lipinski definition) is 1. The van der Waals surface area contributed by atoms with Gasteiger partial charge in [0.05, 0.1) is 23.3 Å². The zero-order valence-electron chi connectivity index (χ0n) is 19.1. The number of benzene rings is 2. The van der Waals surface area contributed by atoms with E-state index in [2.05, 4.69) is 4.98 Å². The summed E-state index contributed by atoms with van der Waals surface area (Å²) in [7, 11) is 0. The highest BCUT2D eigenvalue weighted by atomic mass is 35.5. The van der Waals surface area contributed by atoms with Gasteiger partial charge in [0.25, 0.3) is 11.7 Å². The average Bonchev–Trinajstić information content (AvgIpc) is 3.09. The molecule has 2 heterocycles. The van der Waals surface area contributed by atoms with Gasteiger partial charge in [-0.3, -0.25) is 14.6 Å². The number of carbonyl (C=O) groups is 3. The summed E-state index contributed by atoms with van der Waals surface area (Å²) >= 11 is 5.96. The van der Waals surface area contributed by atoms with Gasteiger partial charge in [0.2, 0.25) is 0 Å². The predicted octanol–water partition coefficient (Wildman–Crippen LogP) is 4.92. The van der Waals surface area contributed by atoms with Crippen LogP contribution in [0.25, 0.3) is 5.76 Å². The molecule has 2 aromatic carbocycles. The maximum Gasteiger partial charge on any atom is 0.338 e. The second kappa shape index (κ2) is 10.1. The van der Waals surface area contributed by atoms with E-state index in [1.165, 1.54) is 4.90 Å². The number of aromatic nitrogens is 1. The summed E-state index contributed by atoms with van der Waals surface area (Å²) in [5, 5.41) is 11.5. The molecule has 1 N–H and O–H groups in total. The molecular weight excluding hydrogens is 468 g/mol. The lowest BCUT2D eigenvalue weighted by Crippen LogP contribution is -2.29. The van der Waals surface area contributed by atoms with E-state index < -0.39 is 23.7 Å². The molecule has 4 rings (SSSR count). The minimum absolute atomic E-state index is 0.0255. The Morgan fingerprint density at radius 3 is 2.31 bits per heavy atom. The van der Waals surface area contributed by atoms with Crippen molar-refractivity contribution in [3.05, 3.63) is 106 Å². The normalized spacial score (nSPS) is 17.1. The maximum atomic E-state index is 13.1. The van der Waals surface area contributed by atoms with E-state index in [-0.39, 0.29) is 24.0 Å². The Balaban J connectivity index is 1.71. The molecule has 178 valence electrons. The Morgan fingerprint density at radius 2 is 1.71 bits per heavy atom. The highest BCUT2D eigenvalue weighted by molar-refractivity contribution is 6.46. The van der Waals surface area contributed by atoms with Crippen LogP contribution < -0.4 is 0 Å². The number of ether oxygens (including phenoxy) is 1. The fourth-order valence-corrected chi connectivity index (χ4v) is 4.04. The van der Waals surface area contributed by atoms with Crippen molar-refractivity contribution in [3.8, 4) is 0 Å². The minimum atomic E-state index is -0.843. The summed E-state index contributed by atoms with van der Waals surface area (Å²) in [5.41, 5.74) is 2.01. The van der Waals surface area contributed by atoms with Gasteiger partial charge < -0.3 is 14.7 Å². The molecule has 0 aliphatic carbocycles. The zero-order chi connectivity index (χ0) is 25.1. The topological polar surface area (TPSA) is 96.8 Å². The number of aliphatic hydroxyl groups excluding tert-OH is 1. The van der Waals surface area contributed by atoms with Crippen molar-refractivity contribution in [2.45, 2.75) is 32.5 Å². The van der Waals surface area contributed by atoms with Crippen LogP contribution in [0.1, 0.15) is 46.9 Å². The predicted molar refractivity (Wildman–Crippen MR) is 131 cm³/mol. The lowest BCUT2D eigenvalue weighted by atomic mass is 9.96. The quantitative estimate of drug-likeness (QED) is 0.228. The van der Waals surface area contributed by atoms with Gasteiger partial charge in [0.15, 0.2) is 0 Å². The van der Waals surface area contributed by atoms with Crippen LogP contribution in [0, 0.1) is 0 Å². The molecule has 8 heteroatoms. The largest absolute Gasteiger partial charge is 0.507 e. The second-order valence-electron chi connectivity index (χ2n) is 8.37. The van der Waals surface area contributed by atoms with E-state index in [1.807, 2.05) is 0 Å². The van der Waals surface area contributed by atoms with Crippen LogP contribution in [0.5, 0.6) is 0 Å². The Bertz CT molecular complexity index is 1290. The highest BCUT2D eigenvalue weighted by Crippen LogP contribution is 2.40. The van der Waals surface area contributed by atoms with Crippen molar-refractivity contribution in [1.82, 2.24) is 9.88 Å². The van der Waals surface area contributed by atoms with Gasteiger partial charge >= 0.3 is 5.97 Å². The standard InChI is InChI=1S/C27H23ClN2O5/c1-16(2)35-27(34)19-7-5-17(6-8-19)15-30-23(20-4-3-13-29-14-20)22(25(32)26(30)33)24(31)18-9-11-21(28)12-10-18/h3-14,16,23,31H,15H2,1-2H3/b24-22+. The van der Waals surface area contributed by atoms with Gasteiger partial charge in [-0.25, -0.2) is 4.79 Å². The van der Waals surface area contributed by atoms with E-state index in [1.54, 1.807) is 86.9 Å². The fourth-order valence-electron chi connectivity index (χ4n) is 3.92. The Labute approximate surface area is 207 Å². The lowest BCUT2D eigenvalue weighted by Gasteiger charge is -2.25. The molecule has 1 aliphatic heterocycles. The van der Waals surface area contributed by atoms with Gasteiger partial charge in [-0.2, -0.15) is 0 Å². The van der Waals surface area contributed by atoms with Gasteiger partial charge in [-0.15, -0.1) is 0 Å². The number of Topliss-reactive ketones (excluding diaryl/α,β-unsaturated/α-hetero) is 1. The van der Waals surface area contributed by atoms with Crippen molar-refractivity contribution < 1.29 is 24.2 Å². The van der Waals surface area contributed by atoms with Gasteiger partial charge in [-0.05, 0) is 67.4 Å². The Morgan fingerprint density at radius 1 is 1.06 bits per heavy atom. The first-order valence-corrected chi connectivity index (χ1v) is 11.4. The molecule has 0 saturated carbocycles. The van der Waals surface area contributed by atoms with E-state index in [0.29, 0.717) is 27.3 Å². The Kier molecular flexibility index (Phi) is 6.98. The number of likely N-dealkylation sites (tertiary alicyclic amines) is 1. The van der Waals surface area contributed by atoms with Crippen LogP contribution in [0.4, 0.5) is 0 Å². The second-order valence-corrected chi connectivity index (χ2v) is 8.81. The molecule has 1 fully saturated rings. The summed E-state index contributed by atoms with van der Waals surface area (Å²) in [6.07, 6.45) is 2.90. The lowest BCUT2D eigenvalue weighted by molar-refractivity contribution is -0.140. The number of amides is 1. The molecule has 1 aromatic heterocycles. The van der Waals surface area contributed by atoms with E-state index >= 15 is 0 Å². The summed E-state index contributed by atoms with van der Waals surface area (Å²) in [4.78, 5) is 43.9. The molecule has 1 saturated heterocycles. The minimum Gasteiger partial charge on any atom is -0.507 e. The molecule has 0 spiro atoms.